The summed E-state index contributed by atoms with van der Waals surface area (Å²) in [5, 5.41) is 7.62. The number of anilines is 1. The molecule has 1 amide bonds. The molecule has 5 nitrogen and oxygen atoms in total. The van der Waals surface area contributed by atoms with Crippen molar-refractivity contribution in [2.24, 2.45) is 0 Å². The zero-order valence-corrected chi connectivity index (χ0v) is 17.7. The summed E-state index contributed by atoms with van der Waals surface area (Å²) >= 11 is 5.73. The fourth-order valence-corrected chi connectivity index (χ4v) is 3.64. The Morgan fingerprint density at radius 3 is 2.33 bits per heavy atom. The lowest BCUT2D eigenvalue weighted by Gasteiger charge is -2.08. The summed E-state index contributed by atoms with van der Waals surface area (Å²) in [4.78, 5) is 12.7. The number of rotatable bonds is 5. The molecule has 0 saturated carbocycles. The lowest BCUT2D eigenvalue weighted by atomic mass is 10.2. The molecule has 6 heteroatoms. The van der Waals surface area contributed by atoms with Crippen LogP contribution >= 0.6 is 12.2 Å². The number of benzene rings is 3. The van der Waals surface area contributed by atoms with Crippen molar-refractivity contribution in [1.82, 2.24) is 14.3 Å². The minimum Gasteiger partial charge on any atom is -0.324 e. The topological polar surface area (TPSA) is 51.9 Å². The molecule has 30 heavy (non-hydrogen) atoms. The fraction of sp³-hybridized carbons (Fsp3) is 0.125. The van der Waals surface area contributed by atoms with Crippen molar-refractivity contribution in [3.8, 4) is 17.1 Å². The molecule has 0 saturated heterocycles. The molecule has 0 bridgehead atoms. The van der Waals surface area contributed by atoms with Gasteiger partial charge in [0.2, 0.25) is 10.7 Å². The van der Waals surface area contributed by atoms with Crippen LogP contribution in [0.4, 0.5) is 5.69 Å². The molecular weight excluding hydrogens is 392 g/mol. The Kier molecular flexibility index (Phi) is 5.59. The van der Waals surface area contributed by atoms with E-state index in [9.17, 15) is 4.79 Å². The number of aryl methyl sites for hydroxylation is 2. The number of amides is 1. The first-order valence-electron chi connectivity index (χ1n) is 9.70. The molecule has 0 aliphatic heterocycles. The largest absolute Gasteiger partial charge is 0.324 e. The third-order valence-corrected chi connectivity index (χ3v) is 5.12. The predicted molar refractivity (Wildman–Crippen MR) is 122 cm³/mol. The van der Waals surface area contributed by atoms with E-state index in [4.69, 9.17) is 17.3 Å². The van der Waals surface area contributed by atoms with Gasteiger partial charge in [0.15, 0.2) is 5.82 Å². The molecule has 150 valence electrons. The molecule has 1 heterocycles. The van der Waals surface area contributed by atoms with E-state index in [0.29, 0.717) is 10.6 Å². The number of hydrogen-bond acceptors (Lipinski definition) is 3. The molecule has 0 fully saturated rings. The molecule has 4 aromatic rings. The lowest BCUT2D eigenvalue weighted by molar-refractivity contribution is -0.116. The van der Waals surface area contributed by atoms with Crippen LogP contribution in [-0.2, 0) is 11.3 Å². The standard InChI is InChI=1S/C24H22N4OS/c1-17-8-6-12-20(14-17)25-22(29)16-27-24(30)28(21-13-7-9-18(2)15-21)23(26-27)19-10-4-3-5-11-19/h3-15H,16H2,1-2H3,(H,25,29). The maximum atomic E-state index is 12.7. The highest BCUT2D eigenvalue weighted by atomic mass is 32.1. The summed E-state index contributed by atoms with van der Waals surface area (Å²) in [6.45, 7) is 4.06. The average molecular weight is 415 g/mol. The molecule has 1 aromatic heterocycles. The second-order valence-corrected chi connectivity index (χ2v) is 7.59. The van der Waals surface area contributed by atoms with Gasteiger partial charge in [-0.1, -0.05) is 54.6 Å². The van der Waals surface area contributed by atoms with Gasteiger partial charge in [-0.25, -0.2) is 4.68 Å². The van der Waals surface area contributed by atoms with Crippen molar-refractivity contribution < 1.29 is 4.79 Å². The van der Waals surface area contributed by atoms with Gasteiger partial charge in [0.1, 0.15) is 6.54 Å². The summed E-state index contributed by atoms with van der Waals surface area (Å²) < 4.78 is 3.96. The monoisotopic (exact) mass is 414 g/mol. The Balaban J connectivity index is 1.72. The lowest BCUT2D eigenvalue weighted by Crippen LogP contribution is -2.19. The summed E-state index contributed by atoms with van der Waals surface area (Å²) in [6.07, 6.45) is 0. The minimum absolute atomic E-state index is 0.0332. The van der Waals surface area contributed by atoms with E-state index < -0.39 is 0 Å². The Morgan fingerprint density at radius 1 is 0.933 bits per heavy atom. The molecule has 0 radical (unpaired) electrons. The molecular formula is C24H22N4OS. The van der Waals surface area contributed by atoms with Crippen LogP contribution < -0.4 is 5.32 Å². The Morgan fingerprint density at radius 2 is 1.63 bits per heavy atom. The van der Waals surface area contributed by atoms with Crippen LogP contribution in [0.25, 0.3) is 17.1 Å². The molecule has 0 spiro atoms. The molecule has 1 N–H and O–H groups in total. The highest BCUT2D eigenvalue weighted by molar-refractivity contribution is 7.71. The molecule has 3 aromatic carbocycles. The van der Waals surface area contributed by atoms with Gasteiger partial charge in [-0.05, 0) is 61.5 Å². The highest BCUT2D eigenvalue weighted by Crippen LogP contribution is 2.23. The van der Waals surface area contributed by atoms with E-state index in [1.165, 1.54) is 0 Å². The zero-order chi connectivity index (χ0) is 21.1. The smallest absolute Gasteiger partial charge is 0.246 e. The third kappa shape index (κ3) is 4.23. The number of nitrogens with one attached hydrogen (secondary N) is 1. The van der Waals surface area contributed by atoms with E-state index in [1.54, 1.807) is 4.68 Å². The molecule has 0 unspecified atom stereocenters. The summed E-state index contributed by atoms with van der Waals surface area (Å²) in [6, 6.07) is 25.6. The number of hydrogen-bond donors (Lipinski definition) is 1. The Bertz CT molecular complexity index is 1260. The number of carbonyl (C=O) groups is 1. The first-order valence-corrected chi connectivity index (χ1v) is 10.1. The fourth-order valence-electron chi connectivity index (χ4n) is 3.34. The van der Waals surface area contributed by atoms with Crippen molar-refractivity contribution in [2.45, 2.75) is 20.4 Å². The Labute approximate surface area is 180 Å². The van der Waals surface area contributed by atoms with Crippen LogP contribution in [0.3, 0.4) is 0 Å². The second kappa shape index (κ2) is 8.47. The highest BCUT2D eigenvalue weighted by Gasteiger charge is 2.16. The van der Waals surface area contributed by atoms with Crippen LogP contribution in [0.2, 0.25) is 0 Å². The maximum absolute atomic E-state index is 12.7. The van der Waals surface area contributed by atoms with Gasteiger partial charge in [-0.2, -0.15) is 5.10 Å². The zero-order valence-electron chi connectivity index (χ0n) is 16.9. The van der Waals surface area contributed by atoms with Gasteiger partial charge in [-0.3, -0.25) is 9.36 Å². The van der Waals surface area contributed by atoms with Crippen LogP contribution in [0.5, 0.6) is 0 Å². The van der Waals surface area contributed by atoms with Gasteiger partial charge in [0.25, 0.3) is 0 Å². The molecule has 4 rings (SSSR count). The van der Waals surface area contributed by atoms with Gasteiger partial charge in [0.05, 0.1) is 5.69 Å². The van der Waals surface area contributed by atoms with E-state index in [-0.39, 0.29) is 12.5 Å². The average Bonchev–Trinajstić information content (AvgIpc) is 3.04. The predicted octanol–water partition coefficient (Wildman–Crippen LogP) is 5.33. The first kappa shape index (κ1) is 19.8. The van der Waals surface area contributed by atoms with Crippen LogP contribution in [0.15, 0.2) is 78.9 Å². The summed E-state index contributed by atoms with van der Waals surface area (Å²) in [5.41, 5.74) is 4.82. The minimum atomic E-state index is -0.176. The normalized spacial score (nSPS) is 10.7. The summed E-state index contributed by atoms with van der Waals surface area (Å²) in [7, 11) is 0. The van der Waals surface area contributed by atoms with Gasteiger partial charge >= 0.3 is 0 Å². The second-order valence-electron chi connectivity index (χ2n) is 7.22. The van der Waals surface area contributed by atoms with Crippen LogP contribution in [-0.4, -0.2) is 20.3 Å². The number of carbonyl (C=O) groups excluding carboxylic acids is 1. The quantitative estimate of drug-likeness (QED) is 0.449. The third-order valence-electron chi connectivity index (χ3n) is 4.73. The van der Waals surface area contributed by atoms with E-state index in [1.807, 2.05) is 91.2 Å². The van der Waals surface area contributed by atoms with Gasteiger partial charge < -0.3 is 5.32 Å². The van der Waals surface area contributed by atoms with Crippen molar-refractivity contribution in [2.75, 3.05) is 5.32 Å². The number of aromatic nitrogens is 3. The molecule has 0 aliphatic rings. The van der Waals surface area contributed by atoms with E-state index in [2.05, 4.69) is 11.4 Å². The van der Waals surface area contributed by atoms with Crippen LogP contribution in [0.1, 0.15) is 11.1 Å². The van der Waals surface area contributed by atoms with Crippen LogP contribution in [0, 0.1) is 18.6 Å². The van der Waals surface area contributed by atoms with Crippen molar-refractivity contribution in [3.05, 3.63) is 94.8 Å². The van der Waals surface area contributed by atoms with E-state index >= 15 is 0 Å². The molecule has 0 aliphatic carbocycles. The van der Waals surface area contributed by atoms with E-state index in [0.717, 1.165) is 28.1 Å². The first-order chi connectivity index (χ1) is 14.5. The summed E-state index contributed by atoms with van der Waals surface area (Å²) in [5.74, 6) is 0.528. The SMILES string of the molecule is Cc1cccc(NC(=O)Cn2nc(-c3ccccc3)n(-c3cccc(C)c3)c2=S)c1. The van der Waals surface area contributed by atoms with Crippen molar-refractivity contribution in [1.29, 1.82) is 0 Å². The molecule has 0 atom stereocenters. The van der Waals surface area contributed by atoms with Crippen molar-refractivity contribution in [3.63, 3.8) is 0 Å². The van der Waals surface area contributed by atoms with Gasteiger partial charge in [0, 0.05) is 11.3 Å². The number of nitrogens with zero attached hydrogens (tertiary/aromatic N) is 3. The maximum Gasteiger partial charge on any atom is 0.246 e. The Hall–Kier alpha value is -3.51. The van der Waals surface area contributed by atoms with Gasteiger partial charge in [-0.15, -0.1) is 0 Å². The van der Waals surface area contributed by atoms with Crippen molar-refractivity contribution >= 4 is 23.8 Å².